The van der Waals surface area contributed by atoms with Crippen molar-refractivity contribution in [2.75, 3.05) is 24.6 Å². The van der Waals surface area contributed by atoms with Crippen molar-refractivity contribution in [2.24, 2.45) is 17.8 Å². The summed E-state index contributed by atoms with van der Waals surface area (Å²) in [5.74, 6) is 2.79. The molecule has 5 nitrogen and oxygen atoms in total. The van der Waals surface area contributed by atoms with Gasteiger partial charge >= 0.3 is 0 Å². The molecule has 2 heterocycles. The second-order valence-electron chi connectivity index (χ2n) is 11.3. The van der Waals surface area contributed by atoms with E-state index >= 15 is 0 Å². The summed E-state index contributed by atoms with van der Waals surface area (Å²) in [7, 11) is 0. The van der Waals surface area contributed by atoms with Crippen LogP contribution in [0, 0.1) is 36.0 Å². The molecule has 2 fully saturated rings. The molecule has 1 aliphatic heterocycles. The normalized spacial score (nSPS) is 21.2. The largest absolute Gasteiger partial charge is 0.488 e. The molecule has 0 amide bonds. The second-order valence-corrected chi connectivity index (χ2v) is 13.1. The number of hydrogen-bond acceptors (Lipinski definition) is 6. The molecule has 2 unspecified atom stereocenters. The average molecular weight is 581 g/mol. The quantitative estimate of drug-likeness (QED) is 0.288. The van der Waals surface area contributed by atoms with Gasteiger partial charge in [-0.15, -0.1) is 11.3 Å². The van der Waals surface area contributed by atoms with Crippen LogP contribution in [0.4, 0.5) is 5.13 Å². The topological polar surface area (TPSA) is 58.4 Å². The van der Waals surface area contributed by atoms with Crippen LogP contribution in [0.5, 0.6) is 5.75 Å². The fraction of sp³-hybridized carbons (Fsp3) is 0.467. The standard InChI is InChI=1S/C30H34BrN3O2S/c1-19-5-10-28(35-16-22-8-9-24(31)12-23(22)13-32)25(11-19)27-18-37-29(33-27)34-14-20-6-7-21(15-34)26(20)17-36-30(2,3)4/h5,8-12,18,20-21,26H,6-7,14-17H2,1-4H3. The molecule has 1 saturated heterocycles. The number of piperidine rings is 1. The van der Waals surface area contributed by atoms with E-state index in [0.29, 0.717) is 29.9 Å². The highest BCUT2D eigenvalue weighted by atomic mass is 79.9. The van der Waals surface area contributed by atoms with Gasteiger partial charge in [0.15, 0.2) is 5.13 Å². The van der Waals surface area contributed by atoms with Crippen molar-refractivity contribution in [3.63, 3.8) is 0 Å². The lowest BCUT2D eigenvalue weighted by molar-refractivity contribution is -0.0380. The summed E-state index contributed by atoms with van der Waals surface area (Å²) >= 11 is 5.16. The van der Waals surface area contributed by atoms with E-state index in [4.69, 9.17) is 14.5 Å². The Bertz CT molecular complexity index is 1290. The van der Waals surface area contributed by atoms with Crippen LogP contribution in [-0.2, 0) is 11.3 Å². The molecular weight excluding hydrogens is 546 g/mol. The number of fused-ring (bicyclic) bond motifs is 2. The number of nitrogens with zero attached hydrogens (tertiary/aromatic N) is 3. The Balaban J connectivity index is 1.31. The molecule has 2 aliphatic rings. The van der Waals surface area contributed by atoms with Gasteiger partial charge in [-0.25, -0.2) is 4.98 Å². The van der Waals surface area contributed by atoms with Crippen molar-refractivity contribution in [2.45, 2.75) is 52.7 Å². The van der Waals surface area contributed by atoms with E-state index in [2.05, 4.69) is 72.1 Å². The summed E-state index contributed by atoms with van der Waals surface area (Å²) in [6.45, 7) is 11.8. The highest BCUT2D eigenvalue weighted by Gasteiger charge is 2.43. The number of nitriles is 1. The van der Waals surface area contributed by atoms with E-state index in [1.165, 1.54) is 12.8 Å². The smallest absolute Gasteiger partial charge is 0.185 e. The number of halogens is 1. The molecule has 0 radical (unpaired) electrons. The minimum Gasteiger partial charge on any atom is -0.488 e. The second kappa shape index (κ2) is 10.8. The van der Waals surface area contributed by atoms with Crippen LogP contribution < -0.4 is 9.64 Å². The van der Waals surface area contributed by atoms with Gasteiger partial charge in [0, 0.05) is 34.1 Å². The average Bonchev–Trinajstić information content (AvgIpc) is 3.44. The number of rotatable bonds is 7. The summed E-state index contributed by atoms with van der Waals surface area (Å²) in [5, 5.41) is 12.8. The van der Waals surface area contributed by atoms with Crippen LogP contribution in [0.2, 0.25) is 0 Å². The molecule has 2 atom stereocenters. The summed E-state index contributed by atoms with van der Waals surface area (Å²) in [6.07, 6.45) is 2.57. The van der Waals surface area contributed by atoms with Crippen LogP contribution in [0.1, 0.15) is 50.3 Å². The monoisotopic (exact) mass is 579 g/mol. The number of ether oxygens (including phenoxy) is 2. The summed E-state index contributed by atoms with van der Waals surface area (Å²) in [6, 6.07) is 14.2. The van der Waals surface area contributed by atoms with Crippen molar-refractivity contribution >= 4 is 32.4 Å². The van der Waals surface area contributed by atoms with Crippen LogP contribution >= 0.6 is 27.3 Å². The Hall–Kier alpha value is -2.40. The number of aryl methyl sites for hydroxylation is 1. The Kier molecular flexibility index (Phi) is 7.63. The summed E-state index contributed by atoms with van der Waals surface area (Å²) in [4.78, 5) is 7.58. The maximum Gasteiger partial charge on any atom is 0.185 e. The molecule has 0 spiro atoms. The van der Waals surface area contributed by atoms with E-state index < -0.39 is 0 Å². The number of benzene rings is 2. The van der Waals surface area contributed by atoms with Gasteiger partial charge in [-0.05, 0) is 82.6 Å². The first-order valence-corrected chi connectivity index (χ1v) is 14.6. The first-order chi connectivity index (χ1) is 17.7. The Morgan fingerprint density at radius 1 is 1.14 bits per heavy atom. The molecule has 194 valence electrons. The third kappa shape index (κ3) is 6.03. The van der Waals surface area contributed by atoms with Gasteiger partial charge in [-0.2, -0.15) is 5.26 Å². The van der Waals surface area contributed by atoms with Crippen molar-refractivity contribution < 1.29 is 9.47 Å². The molecule has 37 heavy (non-hydrogen) atoms. The molecule has 1 aromatic heterocycles. The lowest BCUT2D eigenvalue weighted by Gasteiger charge is -2.38. The lowest BCUT2D eigenvalue weighted by Crippen LogP contribution is -2.44. The number of anilines is 1. The zero-order valence-corrected chi connectivity index (χ0v) is 24.4. The SMILES string of the molecule is Cc1ccc(OCc2ccc(Br)cc2C#N)c(-c2csc(N3CC4CCC(C3)C4COC(C)(C)C)n2)c1. The molecule has 1 saturated carbocycles. The van der Waals surface area contributed by atoms with Gasteiger partial charge in [0.2, 0.25) is 0 Å². The fourth-order valence-corrected chi connectivity index (χ4v) is 6.75. The van der Waals surface area contributed by atoms with Crippen LogP contribution in [0.25, 0.3) is 11.3 Å². The van der Waals surface area contributed by atoms with Gasteiger partial charge in [0.25, 0.3) is 0 Å². The molecule has 3 aromatic rings. The first kappa shape index (κ1) is 26.2. The van der Waals surface area contributed by atoms with Gasteiger partial charge < -0.3 is 14.4 Å². The van der Waals surface area contributed by atoms with Gasteiger partial charge in [0.1, 0.15) is 12.4 Å². The van der Waals surface area contributed by atoms with Crippen LogP contribution in [0.3, 0.4) is 0 Å². The van der Waals surface area contributed by atoms with E-state index in [0.717, 1.165) is 57.4 Å². The fourth-order valence-electron chi connectivity index (χ4n) is 5.55. The third-order valence-electron chi connectivity index (χ3n) is 7.49. The predicted octanol–water partition coefficient (Wildman–Crippen LogP) is 7.61. The van der Waals surface area contributed by atoms with Gasteiger partial charge in [0.05, 0.1) is 29.5 Å². The van der Waals surface area contributed by atoms with Crippen molar-refractivity contribution in [1.82, 2.24) is 4.98 Å². The minimum atomic E-state index is -0.0814. The Morgan fingerprint density at radius 3 is 2.59 bits per heavy atom. The molecule has 5 rings (SSSR count). The molecule has 2 bridgehead atoms. The Morgan fingerprint density at radius 2 is 1.89 bits per heavy atom. The number of aromatic nitrogens is 1. The van der Waals surface area contributed by atoms with Crippen LogP contribution in [-0.4, -0.2) is 30.3 Å². The van der Waals surface area contributed by atoms with E-state index in [-0.39, 0.29) is 5.60 Å². The van der Waals surface area contributed by atoms with E-state index in [1.54, 1.807) is 11.3 Å². The van der Waals surface area contributed by atoms with Gasteiger partial charge in [-0.3, -0.25) is 0 Å². The van der Waals surface area contributed by atoms with Crippen molar-refractivity contribution in [3.05, 3.63) is 62.9 Å². The van der Waals surface area contributed by atoms with E-state index in [1.807, 2.05) is 24.3 Å². The molecule has 1 aliphatic carbocycles. The number of thiazole rings is 1. The zero-order valence-electron chi connectivity index (χ0n) is 22.0. The summed E-state index contributed by atoms with van der Waals surface area (Å²) in [5.41, 5.74) is 4.50. The van der Waals surface area contributed by atoms with Gasteiger partial charge in [-0.1, -0.05) is 33.6 Å². The lowest BCUT2D eigenvalue weighted by atomic mass is 9.86. The number of hydrogen-bond donors (Lipinski definition) is 0. The van der Waals surface area contributed by atoms with Crippen molar-refractivity contribution in [1.29, 1.82) is 5.26 Å². The first-order valence-electron chi connectivity index (χ1n) is 13.0. The molecular formula is C30H34BrN3O2S. The Labute approximate surface area is 232 Å². The zero-order chi connectivity index (χ0) is 26.2. The predicted molar refractivity (Wildman–Crippen MR) is 153 cm³/mol. The third-order valence-corrected chi connectivity index (χ3v) is 8.88. The maximum atomic E-state index is 9.51. The molecule has 7 heteroatoms. The minimum absolute atomic E-state index is 0.0814. The van der Waals surface area contributed by atoms with E-state index in [9.17, 15) is 5.26 Å². The maximum absolute atomic E-state index is 9.51. The van der Waals surface area contributed by atoms with Crippen LogP contribution in [0.15, 0.2) is 46.3 Å². The summed E-state index contributed by atoms with van der Waals surface area (Å²) < 4.78 is 13.3. The highest BCUT2D eigenvalue weighted by Crippen LogP contribution is 2.45. The highest BCUT2D eigenvalue weighted by molar-refractivity contribution is 9.10. The molecule has 0 N–H and O–H groups in total. The van der Waals surface area contributed by atoms with Crippen molar-refractivity contribution in [3.8, 4) is 23.1 Å². The molecule has 2 aromatic carbocycles.